The molecule has 0 aliphatic heterocycles. The second kappa shape index (κ2) is 17.8. The van der Waals surface area contributed by atoms with Gasteiger partial charge in [0.1, 0.15) is 50.9 Å². The largest absolute Gasteiger partial charge is 0.388 e. The summed E-state index contributed by atoms with van der Waals surface area (Å²) in [5.74, 6) is 0. The van der Waals surface area contributed by atoms with Gasteiger partial charge in [0.05, 0.1) is 46.2 Å². The van der Waals surface area contributed by atoms with Crippen LogP contribution in [0.5, 0.6) is 0 Å². The van der Waals surface area contributed by atoms with Gasteiger partial charge in [-0.3, -0.25) is 0 Å². The minimum atomic E-state index is -0.886. The van der Waals surface area contributed by atoms with Crippen LogP contribution < -0.4 is 0 Å². The molecule has 0 bridgehead atoms. The molecule has 28 heavy (non-hydrogen) atoms. The molecule has 10 heteroatoms. The average molecular weight is 408 g/mol. The van der Waals surface area contributed by atoms with E-state index in [9.17, 15) is 24.6 Å². The number of hydrogen-bond donors (Lipinski definition) is 2. The molecule has 0 radical (unpaired) electrons. The molecular weight excluding hydrogens is 376 g/mol. The van der Waals surface area contributed by atoms with Crippen molar-refractivity contribution in [1.29, 1.82) is 0 Å². The Morgan fingerprint density at radius 1 is 0.679 bits per heavy atom. The summed E-state index contributed by atoms with van der Waals surface area (Å²) in [6, 6.07) is 0. The highest BCUT2D eigenvalue weighted by Crippen LogP contribution is 2.24. The maximum absolute atomic E-state index is 10.5. The third kappa shape index (κ3) is 13.8. The molecule has 0 aliphatic rings. The minimum Gasteiger partial charge on any atom is -0.388 e. The first-order valence-corrected chi connectivity index (χ1v) is 9.09. The first kappa shape index (κ1) is 26.7. The summed E-state index contributed by atoms with van der Waals surface area (Å²) < 4.78 is 26.3. The molecule has 164 valence electrons. The molecule has 2 N–H and O–H groups in total. The number of carbonyl (C=O) groups excluding carboxylic acids is 3. The Balaban J connectivity index is 4.45. The summed E-state index contributed by atoms with van der Waals surface area (Å²) in [7, 11) is 0. The summed E-state index contributed by atoms with van der Waals surface area (Å²) in [6.07, 6.45) is 0.656. The van der Waals surface area contributed by atoms with Gasteiger partial charge in [0.25, 0.3) is 0 Å². The first-order chi connectivity index (χ1) is 13.5. The second-order valence-electron chi connectivity index (χ2n) is 6.28. The zero-order chi connectivity index (χ0) is 21.1. The number of rotatable bonds is 21. The molecule has 0 heterocycles. The Labute approximate surface area is 165 Å². The number of aliphatic hydroxyl groups excluding tert-OH is 2. The quantitative estimate of drug-likeness (QED) is 0.176. The standard InChI is InChI=1S/C18H32O10/c1-2-18(13-26-8-5-21,14-27-11-16(22)9-24-6-3-19)15-28-12-17(23)10-25-7-4-20/h3-5,16-17,22-23H,2,6-15H2,1H3. The lowest BCUT2D eigenvalue weighted by Crippen LogP contribution is -2.39. The first-order valence-electron chi connectivity index (χ1n) is 9.09. The summed E-state index contributed by atoms with van der Waals surface area (Å²) in [4.78, 5) is 30.9. The van der Waals surface area contributed by atoms with Crippen molar-refractivity contribution in [3.63, 3.8) is 0 Å². The Bertz CT molecular complexity index is 378. The highest BCUT2D eigenvalue weighted by molar-refractivity contribution is 5.50. The van der Waals surface area contributed by atoms with Crippen molar-refractivity contribution < 1.29 is 48.3 Å². The van der Waals surface area contributed by atoms with E-state index in [1.807, 2.05) is 6.92 Å². The second-order valence-corrected chi connectivity index (χ2v) is 6.28. The molecular formula is C18H32O10. The lowest BCUT2D eigenvalue weighted by atomic mass is 9.88. The van der Waals surface area contributed by atoms with Crippen LogP contribution in [0.2, 0.25) is 0 Å². The van der Waals surface area contributed by atoms with E-state index in [0.29, 0.717) is 25.3 Å². The van der Waals surface area contributed by atoms with E-state index >= 15 is 0 Å². The lowest BCUT2D eigenvalue weighted by Gasteiger charge is -2.32. The molecule has 2 atom stereocenters. The normalized spacial score (nSPS) is 15.5. The van der Waals surface area contributed by atoms with Gasteiger partial charge in [-0.05, 0) is 6.42 Å². The molecule has 0 saturated heterocycles. The maximum Gasteiger partial charge on any atom is 0.145 e. The van der Waals surface area contributed by atoms with E-state index in [-0.39, 0.29) is 66.1 Å². The minimum absolute atomic E-state index is 0.00352. The van der Waals surface area contributed by atoms with E-state index in [2.05, 4.69) is 0 Å². The Morgan fingerprint density at radius 2 is 1.04 bits per heavy atom. The summed E-state index contributed by atoms with van der Waals surface area (Å²) in [5, 5.41) is 19.5. The van der Waals surface area contributed by atoms with Crippen LogP contribution >= 0.6 is 0 Å². The summed E-state index contributed by atoms with van der Waals surface area (Å²) in [6.45, 7) is 2.16. The van der Waals surface area contributed by atoms with Crippen molar-refractivity contribution in [3.8, 4) is 0 Å². The molecule has 2 unspecified atom stereocenters. The zero-order valence-corrected chi connectivity index (χ0v) is 16.3. The van der Waals surface area contributed by atoms with Gasteiger partial charge in [0, 0.05) is 5.41 Å². The van der Waals surface area contributed by atoms with Crippen LogP contribution in [0.4, 0.5) is 0 Å². The lowest BCUT2D eigenvalue weighted by molar-refractivity contribution is -0.121. The van der Waals surface area contributed by atoms with Crippen molar-refractivity contribution in [2.75, 3.05) is 66.1 Å². The molecule has 0 fully saturated rings. The van der Waals surface area contributed by atoms with Crippen molar-refractivity contribution in [2.24, 2.45) is 5.41 Å². The third-order valence-electron chi connectivity index (χ3n) is 3.77. The van der Waals surface area contributed by atoms with E-state index in [0.717, 1.165) is 0 Å². The van der Waals surface area contributed by atoms with Crippen LogP contribution in [-0.2, 0) is 38.1 Å². The molecule has 10 nitrogen and oxygen atoms in total. The van der Waals surface area contributed by atoms with Crippen molar-refractivity contribution in [2.45, 2.75) is 25.6 Å². The number of aldehydes is 3. The smallest absolute Gasteiger partial charge is 0.145 e. The van der Waals surface area contributed by atoms with E-state index in [1.54, 1.807) is 0 Å². The Kier molecular flexibility index (Phi) is 17.0. The van der Waals surface area contributed by atoms with Gasteiger partial charge < -0.3 is 48.3 Å². The van der Waals surface area contributed by atoms with E-state index in [1.165, 1.54) is 0 Å². The fraction of sp³-hybridized carbons (Fsp3) is 0.833. The van der Waals surface area contributed by atoms with Gasteiger partial charge in [-0.2, -0.15) is 0 Å². The third-order valence-corrected chi connectivity index (χ3v) is 3.77. The predicted octanol–water partition coefficient (Wildman–Crippen LogP) is -1.22. The van der Waals surface area contributed by atoms with E-state index < -0.39 is 17.6 Å². The van der Waals surface area contributed by atoms with Crippen LogP contribution in [0.3, 0.4) is 0 Å². The zero-order valence-electron chi connectivity index (χ0n) is 16.3. The summed E-state index contributed by atoms with van der Waals surface area (Å²) in [5.41, 5.74) is -0.588. The molecule has 0 aliphatic carbocycles. The topological polar surface area (TPSA) is 138 Å². The van der Waals surface area contributed by atoms with Gasteiger partial charge >= 0.3 is 0 Å². The fourth-order valence-corrected chi connectivity index (χ4v) is 2.18. The van der Waals surface area contributed by atoms with Crippen LogP contribution in [0.15, 0.2) is 0 Å². The van der Waals surface area contributed by atoms with Gasteiger partial charge in [0.2, 0.25) is 0 Å². The van der Waals surface area contributed by atoms with Crippen LogP contribution in [0.25, 0.3) is 0 Å². The predicted molar refractivity (Wildman–Crippen MR) is 97.0 cm³/mol. The van der Waals surface area contributed by atoms with Crippen LogP contribution in [-0.4, -0.2) is 107 Å². The van der Waals surface area contributed by atoms with Gasteiger partial charge in [-0.15, -0.1) is 0 Å². The monoisotopic (exact) mass is 408 g/mol. The SMILES string of the molecule is CCC(COCC=O)(COCC(O)COCC=O)COCC(O)COCC=O. The van der Waals surface area contributed by atoms with E-state index in [4.69, 9.17) is 23.7 Å². The highest BCUT2D eigenvalue weighted by Gasteiger charge is 2.30. The van der Waals surface area contributed by atoms with Gasteiger partial charge in [-0.1, -0.05) is 6.92 Å². The molecule has 0 rings (SSSR count). The number of aliphatic hydroxyl groups is 2. The van der Waals surface area contributed by atoms with Crippen molar-refractivity contribution in [3.05, 3.63) is 0 Å². The Morgan fingerprint density at radius 3 is 1.43 bits per heavy atom. The molecule has 0 aromatic rings. The molecule has 0 aromatic carbocycles. The van der Waals surface area contributed by atoms with Crippen LogP contribution in [0, 0.1) is 5.41 Å². The van der Waals surface area contributed by atoms with Crippen molar-refractivity contribution >= 4 is 18.9 Å². The Hall–Kier alpha value is -1.27. The molecule has 0 aromatic heterocycles. The van der Waals surface area contributed by atoms with Crippen LogP contribution in [0.1, 0.15) is 13.3 Å². The maximum atomic E-state index is 10.5. The average Bonchev–Trinajstić information content (AvgIpc) is 2.68. The number of hydrogen-bond acceptors (Lipinski definition) is 10. The molecule has 0 saturated carbocycles. The fourth-order valence-electron chi connectivity index (χ4n) is 2.18. The number of carbonyl (C=O) groups is 3. The van der Waals surface area contributed by atoms with Gasteiger partial charge in [-0.25, -0.2) is 0 Å². The highest BCUT2D eigenvalue weighted by atomic mass is 16.5. The van der Waals surface area contributed by atoms with Crippen molar-refractivity contribution in [1.82, 2.24) is 0 Å². The number of ether oxygens (including phenoxy) is 5. The molecule has 0 amide bonds. The van der Waals surface area contributed by atoms with Gasteiger partial charge in [0.15, 0.2) is 0 Å². The summed E-state index contributed by atoms with van der Waals surface area (Å²) >= 11 is 0. The molecule has 0 spiro atoms.